The summed E-state index contributed by atoms with van der Waals surface area (Å²) in [4.78, 5) is 25.9. The number of benzene rings is 1. The molecule has 0 radical (unpaired) electrons. The van der Waals surface area contributed by atoms with Gasteiger partial charge in [-0.15, -0.1) is 0 Å². The second kappa shape index (κ2) is 8.28. The van der Waals surface area contributed by atoms with Crippen LogP contribution in [0.5, 0.6) is 5.75 Å². The number of hydrogen-bond acceptors (Lipinski definition) is 4. The number of fused-ring (bicyclic) bond motifs is 1. The molecule has 1 heterocycles. The van der Waals surface area contributed by atoms with E-state index in [1.54, 1.807) is 11.0 Å². The molecule has 1 atom stereocenters. The van der Waals surface area contributed by atoms with Gasteiger partial charge in [-0.25, -0.2) is 4.39 Å². The van der Waals surface area contributed by atoms with Crippen LogP contribution < -0.4 is 0 Å². The van der Waals surface area contributed by atoms with E-state index in [4.69, 9.17) is 4.74 Å². The third-order valence-corrected chi connectivity index (χ3v) is 5.88. The van der Waals surface area contributed by atoms with Crippen molar-refractivity contribution in [3.05, 3.63) is 29.1 Å². The molecule has 1 aliphatic heterocycles. The molecule has 0 saturated heterocycles. The summed E-state index contributed by atoms with van der Waals surface area (Å²) in [5, 5.41) is 9.50. The molecule has 5 nitrogen and oxygen atoms in total. The molecule has 1 unspecified atom stereocenters. The van der Waals surface area contributed by atoms with Gasteiger partial charge in [-0.1, -0.05) is 13.0 Å². The van der Waals surface area contributed by atoms with Crippen molar-refractivity contribution in [2.24, 2.45) is 11.8 Å². The first-order valence-electron chi connectivity index (χ1n) is 9.89. The lowest BCUT2D eigenvalue weighted by molar-refractivity contribution is -0.151. The third kappa shape index (κ3) is 4.25. The molecule has 6 heteroatoms. The molecule has 1 fully saturated rings. The highest BCUT2D eigenvalue weighted by Crippen LogP contribution is 2.35. The topological polar surface area (TPSA) is 66.8 Å². The average Bonchev–Trinajstić information content (AvgIpc) is 2.95. The number of amides is 1. The lowest BCUT2D eigenvalue weighted by Crippen LogP contribution is -2.34. The molecule has 27 heavy (non-hydrogen) atoms. The zero-order chi connectivity index (χ0) is 19.6. The van der Waals surface area contributed by atoms with Crippen molar-refractivity contribution in [2.75, 3.05) is 6.54 Å². The zero-order valence-electron chi connectivity index (χ0n) is 16.0. The van der Waals surface area contributed by atoms with Crippen LogP contribution >= 0.6 is 0 Å². The van der Waals surface area contributed by atoms with Crippen LogP contribution in [-0.4, -0.2) is 34.5 Å². The van der Waals surface area contributed by atoms with Gasteiger partial charge in [0.1, 0.15) is 6.10 Å². The Labute approximate surface area is 159 Å². The number of ether oxygens (including phenoxy) is 1. The number of halogens is 1. The van der Waals surface area contributed by atoms with Gasteiger partial charge < -0.3 is 14.7 Å². The molecular formula is C21H28FNO4. The van der Waals surface area contributed by atoms with E-state index in [2.05, 4.69) is 0 Å². The van der Waals surface area contributed by atoms with Crippen molar-refractivity contribution in [1.29, 1.82) is 0 Å². The fourth-order valence-electron chi connectivity index (χ4n) is 4.27. The van der Waals surface area contributed by atoms with Crippen LogP contribution in [0, 0.1) is 17.7 Å². The van der Waals surface area contributed by atoms with Crippen molar-refractivity contribution in [3.63, 3.8) is 0 Å². The summed E-state index contributed by atoms with van der Waals surface area (Å²) in [6, 6.07) is 2.92. The number of phenols is 1. The molecular weight excluding hydrogens is 349 g/mol. The monoisotopic (exact) mass is 377 g/mol. The van der Waals surface area contributed by atoms with Gasteiger partial charge in [0, 0.05) is 19.5 Å². The first-order chi connectivity index (χ1) is 12.9. The lowest BCUT2D eigenvalue weighted by atomic mass is 9.79. The van der Waals surface area contributed by atoms with Crippen LogP contribution in [0.4, 0.5) is 4.39 Å². The smallest absolute Gasteiger partial charge is 0.306 e. The summed E-state index contributed by atoms with van der Waals surface area (Å²) in [5.74, 6) is -1.01. The Balaban J connectivity index is 1.51. The van der Waals surface area contributed by atoms with Crippen LogP contribution in [0.1, 0.15) is 68.3 Å². The Morgan fingerprint density at radius 2 is 2.04 bits per heavy atom. The molecule has 148 valence electrons. The summed E-state index contributed by atoms with van der Waals surface area (Å²) >= 11 is 0. The molecule has 1 saturated carbocycles. The number of rotatable bonds is 6. The first kappa shape index (κ1) is 19.6. The second-order valence-electron chi connectivity index (χ2n) is 7.84. The van der Waals surface area contributed by atoms with Crippen molar-refractivity contribution in [2.45, 2.75) is 65.0 Å². The van der Waals surface area contributed by atoms with Gasteiger partial charge in [-0.2, -0.15) is 0 Å². The molecule has 2 aliphatic rings. The number of carbonyl (C=O) groups is 2. The number of aromatic hydroxyl groups is 1. The van der Waals surface area contributed by atoms with Crippen LogP contribution in [0.15, 0.2) is 12.1 Å². The van der Waals surface area contributed by atoms with Gasteiger partial charge in [-0.05, 0) is 62.5 Å². The van der Waals surface area contributed by atoms with E-state index in [9.17, 15) is 19.1 Å². The van der Waals surface area contributed by atoms with E-state index in [-0.39, 0.29) is 23.5 Å². The quantitative estimate of drug-likeness (QED) is 0.760. The minimum Gasteiger partial charge on any atom is -0.505 e. The summed E-state index contributed by atoms with van der Waals surface area (Å²) in [5.41, 5.74) is 0.653. The van der Waals surface area contributed by atoms with Crippen LogP contribution in [0.25, 0.3) is 0 Å². The number of esters is 1. The molecule has 1 aromatic rings. The standard InChI is InChI=1S/C21H28FNO4/c1-3-4-18(25)27-13(2)15-7-5-14(6-8-15)11-23-12-16-9-10-17(24)20(22)19(16)21(23)26/h9-10,13-15,24H,3-8,11-12H2,1-2H3. The largest absolute Gasteiger partial charge is 0.505 e. The molecule has 1 N–H and O–H groups in total. The van der Waals surface area contributed by atoms with Crippen molar-refractivity contribution in [1.82, 2.24) is 4.90 Å². The molecule has 3 rings (SSSR count). The van der Waals surface area contributed by atoms with Crippen LogP contribution in [0.2, 0.25) is 0 Å². The molecule has 0 bridgehead atoms. The Kier molecular flexibility index (Phi) is 6.02. The van der Waals surface area contributed by atoms with E-state index in [0.717, 1.165) is 32.1 Å². The molecule has 1 aliphatic carbocycles. The van der Waals surface area contributed by atoms with Gasteiger partial charge >= 0.3 is 5.97 Å². The predicted octanol–water partition coefficient (Wildman–Crippen LogP) is 4.03. The van der Waals surface area contributed by atoms with E-state index in [0.29, 0.717) is 36.9 Å². The molecule has 0 spiro atoms. The van der Waals surface area contributed by atoms with Gasteiger partial charge in [0.15, 0.2) is 11.6 Å². The van der Waals surface area contributed by atoms with E-state index in [1.807, 2.05) is 13.8 Å². The van der Waals surface area contributed by atoms with E-state index < -0.39 is 11.6 Å². The van der Waals surface area contributed by atoms with Crippen molar-refractivity contribution < 1.29 is 23.8 Å². The maximum absolute atomic E-state index is 14.1. The normalized spacial score (nSPS) is 23.2. The first-order valence-corrected chi connectivity index (χ1v) is 9.89. The fourth-order valence-corrected chi connectivity index (χ4v) is 4.27. The van der Waals surface area contributed by atoms with E-state index >= 15 is 0 Å². The van der Waals surface area contributed by atoms with Crippen molar-refractivity contribution in [3.8, 4) is 5.75 Å². The zero-order valence-corrected chi connectivity index (χ0v) is 16.0. The second-order valence-corrected chi connectivity index (χ2v) is 7.84. The minimum atomic E-state index is -0.813. The van der Waals surface area contributed by atoms with Gasteiger partial charge in [0.05, 0.1) is 5.56 Å². The maximum Gasteiger partial charge on any atom is 0.306 e. The van der Waals surface area contributed by atoms with Gasteiger partial charge in [-0.3, -0.25) is 9.59 Å². The highest BCUT2D eigenvalue weighted by atomic mass is 19.1. The Morgan fingerprint density at radius 1 is 1.33 bits per heavy atom. The number of carbonyl (C=O) groups excluding carboxylic acids is 2. The molecule has 1 aromatic carbocycles. The van der Waals surface area contributed by atoms with Gasteiger partial charge in [0.25, 0.3) is 5.91 Å². The predicted molar refractivity (Wildman–Crippen MR) is 98.7 cm³/mol. The SMILES string of the molecule is CCCC(=O)OC(C)C1CCC(CN2Cc3ccc(O)c(F)c3C2=O)CC1. The summed E-state index contributed by atoms with van der Waals surface area (Å²) < 4.78 is 19.6. The fraction of sp³-hybridized carbons (Fsp3) is 0.619. The van der Waals surface area contributed by atoms with E-state index in [1.165, 1.54) is 6.07 Å². The summed E-state index contributed by atoms with van der Waals surface area (Å²) in [6.45, 7) is 4.93. The number of hydrogen-bond donors (Lipinski definition) is 1. The maximum atomic E-state index is 14.1. The molecule has 1 amide bonds. The highest BCUT2D eigenvalue weighted by Gasteiger charge is 2.34. The summed E-state index contributed by atoms with van der Waals surface area (Å²) in [6.07, 6.45) is 5.05. The highest BCUT2D eigenvalue weighted by molar-refractivity contribution is 5.99. The number of nitrogens with zero attached hydrogens (tertiary/aromatic N) is 1. The number of phenolic OH excluding ortho intramolecular Hbond substituents is 1. The minimum absolute atomic E-state index is 0.0140. The van der Waals surface area contributed by atoms with Crippen LogP contribution in [0.3, 0.4) is 0 Å². The van der Waals surface area contributed by atoms with Crippen molar-refractivity contribution >= 4 is 11.9 Å². The Hall–Kier alpha value is -2.11. The third-order valence-electron chi connectivity index (χ3n) is 5.88. The van der Waals surface area contributed by atoms with Gasteiger partial charge in [0.2, 0.25) is 0 Å². The Bertz CT molecular complexity index is 712. The van der Waals surface area contributed by atoms with Crippen LogP contribution in [-0.2, 0) is 16.1 Å². The Morgan fingerprint density at radius 3 is 2.70 bits per heavy atom. The summed E-state index contributed by atoms with van der Waals surface area (Å²) in [7, 11) is 0. The average molecular weight is 377 g/mol. The molecule has 0 aromatic heterocycles. The lowest BCUT2D eigenvalue weighted by Gasteiger charge is -2.33.